The average Bonchev–Trinajstić information content (AvgIpc) is 2.44. The molecule has 1 aliphatic rings. The van der Waals surface area contributed by atoms with Crippen LogP contribution in [0.25, 0.3) is 0 Å². The molecule has 0 saturated carbocycles. The van der Waals surface area contributed by atoms with Gasteiger partial charge in [-0.15, -0.1) is 0 Å². The maximum atomic E-state index is 12.2. The van der Waals surface area contributed by atoms with Crippen LogP contribution in [0.3, 0.4) is 0 Å². The number of Topliss-reactive ketones (excluding diaryl/α,β-unsaturated/α-hetero) is 1. The van der Waals surface area contributed by atoms with Crippen LogP contribution in [0.5, 0.6) is 0 Å². The van der Waals surface area contributed by atoms with Crippen molar-refractivity contribution in [3.63, 3.8) is 0 Å². The van der Waals surface area contributed by atoms with E-state index >= 15 is 0 Å². The third-order valence-corrected chi connectivity index (χ3v) is 5.04. The molecule has 19 heavy (non-hydrogen) atoms. The van der Waals surface area contributed by atoms with E-state index in [1.54, 1.807) is 24.3 Å². The van der Waals surface area contributed by atoms with Gasteiger partial charge >= 0.3 is 0 Å². The summed E-state index contributed by atoms with van der Waals surface area (Å²) in [6.45, 7) is 5.84. The summed E-state index contributed by atoms with van der Waals surface area (Å²) in [6.07, 6.45) is 0. The molecule has 0 bridgehead atoms. The third kappa shape index (κ3) is 3.37. The minimum Gasteiger partial charge on any atom is -0.293 e. The molecule has 1 aliphatic heterocycles. The standard InChI is InChI=1S/C15H18N2OS/c1-11-12(2)19-8-7-17(11)10-15(18)14-5-3-13(9-16)4-6-14/h3-6,11-12H,7-8,10H2,1-2H3. The van der Waals surface area contributed by atoms with Gasteiger partial charge in [0.15, 0.2) is 5.78 Å². The summed E-state index contributed by atoms with van der Waals surface area (Å²) in [6, 6.07) is 9.38. The molecule has 4 heteroatoms. The van der Waals surface area contributed by atoms with E-state index in [0.717, 1.165) is 12.3 Å². The highest BCUT2D eigenvalue weighted by Gasteiger charge is 2.26. The fraction of sp³-hybridized carbons (Fsp3) is 0.467. The molecule has 2 unspecified atom stereocenters. The first-order chi connectivity index (χ1) is 9.11. The summed E-state index contributed by atoms with van der Waals surface area (Å²) >= 11 is 1.97. The van der Waals surface area contributed by atoms with Gasteiger partial charge in [0.25, 0.3) is 0 Å². The summed E-state index contributed by atoms with van der Waals surface area (Å²) in [4.78, 5) is 14.5. The first-order valence-corrected chi connectivity index (χ1v) is 7.55. The van der Waals surface area contributed by atoms with Crippen molar-refractivity contribution in [3.05, 3.63) is 35.4 Å². The molecule has 1 aromatic rings. The predicted molar refractivity (Wildman–Crippen MR) is 78.4 cm³/mol. The highest BCUT2D eigenvalue weighted by molar-refractivity contribution is 8.00. The SMILES string of the molecule is CC1SCCN(CC(=O)c2ccc(C#N)cc2)C1C. The summed E-state index contributed by atoms with van der Waals surface area (Å²) in [5.41, 5.74) is 1.28. The van der Waals surface area contributed by atoms with Crippen LogP contribution in [-0.4, -0.2) is 40.8 Å². The number of carbonyl (C=O) groups is 1. The first-order valence-electron chi connectivity index (χ1n) is 6.51. The van der Waals surface area contributed by atoms with E-state index in [-0.39, 0.29) is 5.78 Å². The molecule has 3 nitrogen and oxygen atoms in total. The fourth-order valence-electron chi connectivity index (χ4n) is 2.23. The van der Waals surface area contributed by atoms with Gasteiger partial charge in [0.1, 0.15) is 0 Å². The van der Waals surface area contributed by atoms with Gasteiger partial charge in [-0.25, -0.2) is 0 Å². The summed E-state index contributed by atoms with van der Waals surface area (Å²) < 4.78 is 0. The summed E-state index contributed by atoms with van der Waals surface area (Å²) in [5.74, 6) is 1.22. The Hall–Kier alpha value is -1.31. The Labute approximate surface area is 118 Å². The Morgan fingerprint density at radius 1 is 1.42 bits per heavy atom. The molecular weight excluding hydrogens is 256 g/mol. The van der Waals surface area contributed by atoms with E-state index in [1.165, 1.54) is 0 Å². The number of carbonyl (C=O) groups excluding carboxylic acids is 1. The second-order valence-corrected chi connectivity index (χ2v) is 6.38. The second-order valence-electron chi connectivity index (χ2n) is 4.90. The smallest absolute Gasteiger partial charge is 0.176 e. The van der Waals surface area contributed by atoms with Crippen molar-refractivity contribution in [2.24, 2.45) is 0 Å². The van der Waals surface area contributed by atoms with Gasteiger partial charge in [0.05, 0.1) is 18.2 Å². The third-order valence-electron chi connectivity index (χ3n) is 3.70. The topological polar surface area (TPSA) is 44.1 Å². The number of rotatable bonds is 3. The molecule has 2 atom stereocenters. The van der Waals surface area contributed by atoms with E-state index in [2.05, 4.69) is 24.8 Å². The Kier molecular flexibility index (Phi) is 4.62. The zero-order valence-corrected chi connectivity index (χ0v) is 12.1. The van der Waals surface area contributed by atoms with Crippen LogP contribution in [-0.2, 0) is 0 Å². The van der Waals surface area contributed by atoms with Crippen molar-refractivity contribution < 1.29 is 4.79 Å². The average molecular weight is 274 g/mol. The molecule has 1 heterocycles. The fourth-order valence-corrected chi connectivity index (χ4v) is 3.39. The maximum absolute atomic E-state index is 12.2. The molecule has 0 amide bonds. The zero-order chi connectivity index (χ0) is 13.8. The summed E-state index contributed by atoms with van der Waals surface area (Å²) in [5, 5.41) is 9.32. The Morgan fingerprint density at radius 2 is 2.11 bits per heavy atom. The molecular formula is C15H18N2OS. The van der Waals surface area contributed by atoms with E-state index in [0.29, 0.717) is 29.0 Å². The van der Waals surface area contributed by atoms with Gasteiger partial charge < -0.3 is 0 Å². The Balaban J connectivity index is 2.02. The Morgan fingerprint density at radius 3 is 2.74 bits per heavy atom. The van der Waals surface area contributed by atoms with Crippen LogP contribution in [0, 0.1) is 11.3 Å². The van der Waals surface area contributed by atoms with Gasteiger partial charge in [-0.2, -0.15) is 17.0 Å². The molecule has 1 fully saturated rings. The lowest BCUT2D eigenvalue weighted by atomic mass is 10.1. The molecule has 1 aromatic carbocycles. The number of hydrogen-bond acceptors (Lipinski definition) is 4. The van der Waals surface area contributed by atoms with E-state index in [4.69, 9.17) is 5.26 Å². The number of thioether (sulfide) groups is 1. The van der Waals surface area contributed by atoms with Crippen LogP contribution < -0.4 is 0 Å². The van der Waals surface area contributed by atoms with E-state index < -0.39 is 0 Å². The van der Waals surface area contributed by atoms with Crippen molar-refractivity contribution in [1.29, 1.82) is 5.26 Å². The maximum Gasteiger partial charge on any atom is 0.176 e. The minimum atomic E-state index is 0.135. The van der Waals surface area contributed by atoms with Gasteiger partial charge in [-0.05, 0) is 19.1 Å². The van der Waals surface area contributed by atoms with E-state index in [9.17, 15) is 4.79 Å². The van der Waals surface area contributed by atoms with Crippen LogP contribution >= 0.6 is 11.8 Å². The Bertz CT molecular complexity index is 492. The van der Waals surface area contributed by atoms with Crippen molar-refractivity contribution in [2.45, 2.75) is 25.1 Å². The van der Waals surface area contributed by atoms with Crippen LogP contribution in [0.4, 0.5) is 0 Å². The molecule has 1 saturated heterocycles. The summed E-state index contributed by atoms with van der Waals surface area (Å²) in [7, 11) is 0. The molecule has 0 N–H and O–H groups in total. The van der Waals surface area contributed by atoms with Crippen molar-refractivity contribution in [2.75, 3.05) is 18.8 Å². The van der Waals surface area contributed by atoms with Crippen LogP contribution in [0.15, 0.2) is 24.3 Å². The number of benzene rings is 1. The van der Waals surface area contributed by atoms with Gasteiger partial charge in [0.2, 0.25) is 0 Å². The molecule has 0 radical (unpaired) electrons. The second kappa shape index (κ2) is 6.23. The molecule has 0 spiro atoms. The van der Waals surface area contributed by atoms with Gasteiger partial charge in [-0.1, -0.05) is 19.1 Å². The molecule has 0 aromatic heterocycles. The monoisotopic (exact) mass is 274 g/mol. The number of nitriles is 1. The predicted octanol–water partition coefficient (Wildman–Crippen LogP) is 2.57. The van der Waals surface area contributed by atoms with Crippen molar-refractivity contribution in [1.82, 2.24) is 4.90 Å². The van der Waals surface area contributed by atoms with Crippen LogP contribution in [0.1, 0.15) is 29.8 Å². The zero-order valence-electron chi connectivity index (χ0n) is 11.3. The van der Waals surface area contributed by atoms with Gasteiger partial charge in [0, 0.05) is 29.2 Å². The highest BCUT2D eigenvalue weighted by Crippen LogP contribution is 2.24. The van der Waals surface area contributed by atoms with E-state index in [1.807, 2.05) is 11.8 Å². The first kappa shape index (κ1) is 14.1. The van der Waals surface area contributed by atoms with Crippen molar-refractivity contribution in [3.8, 4) is 6.07 Å². The highest BCUT2D eigenvalue weighted by atomic mass is 32.2. The quantitative estimate of drug-likeness (QED) is 0.795. The molecule has 0 aliphatic carbocycles. The largest absolute Gasteiger partial charge is 0.293 e. The number of ketones is 1. The van der Waals surface area contributed by atoms with Gasteiger partial charge in [-0.3, -0.25) is 9.69 Å². The number of hydrogen-bond donors (Lipinski definition) is 0. The minimum absolute atomic E-state index is 0.135. The van der Waals surface area contributed by atoms with Crippen molar-refractivity contribution >= 4 is 17.5 Å². The number of nitrogens with zero attached hydrogens (tertiary/aromatic N) is 2. The lowest BCUT2D eigenvalue weighted by Gasteiger charge is -2.36. The molecule has 100 valence electrons. The normalized spacial score (nSPS) is 23.8. The molecule has 2 rings (SSSR count). The lowest BCUT2D eigenvalue weighted by Crippen LogP contribution is -2.46. The van der Waals surface area contributed by atoms with Crippen LogP contribution in [0.2, 0.25) is 0 Å². The lowest BCUT2D eigenvalue weighted by molar-refractivity contribution is 0.0902.